The largest absolute Gasteiger partial charge is 0.355 e. The van der Waals surface area contributed by atoms with Crippen LogP contribution in [0.25, 0.3) is 21.8 Å². The predicted molar refractivity (Wildman–Crippen MR) is 99.6 cm³/mol. The highest BCUT2D eigenvalue weighted by Crippen LogP contribution is 2.32. The van der Waals surface area contributed by atoms with Crippen molar-refractivity contribution in [3.05, 3.63) is 30.7 Å². The molecule has 1 N–H and O–H groups in total. The van der Waals surface area contributed by atoms with Gasteiger partial charge in [-0.1, -0.05) is 0 Å². The van der Waals surface area contributed by atoms with Crippen LogP contribution in [-0.4, -0.2) is 52.4 Å². The van der Waals surface area contributed by atoms with Gasteiger partial charge in [0.1, 0.15) is 18.0 Å². The zero-order valence-electron chi connectivity index (χ0n) is 14.6. The van der Waals surface area contributed by atoms with Gasteiger partial charge in [0.15, 0.2) is 0 Å². The van der Waals surface area contributed by atoms with Crippen molar-refractivity contribution in [1.29, 1.82) is 5.26 Å². The van der Waals surface area contributed by atoms with Gasteiger partial charge in [0.25, 0.3) is 0 Å². The second-order valence-electron chi connectivity index (χ2n) is 6.73. The number of rotatable bonds is 3. The van der Waals surface area contributed by atoms with E-state index in [1.807, 2.05) is 30.6 Å². The molecular formula is C19H20N6O. The second kappa shape index (κ2) is 6.64. The number of piperidine rings is 1. The van der Waals surface area contributed by atoms with Crippen LogP contribution in [-0.2, 0) is 4.79 Å². The third-order valence-electron chi connectivity index (χ3n) is 5.04. The summed E-state index contributed by atoms with van der Waals surface area (Å²) in [5.74, 6) is 0.822. The molecule has 4 rings (SSSR count). The number of nitrogens with zero attached hydrogens (tertiary/aromatic N) is 5. The van der Waals surface area contributed by atoms with E-state index >= 15 is 0 Å². The van der Waals surface area contributed by atoms with Gasteiger partial charge >= 0.3 is 0 Å². The Bertz CT molecular complexity index is 1000. The van der Waals surface area contributed by atoms with E-state index in [2.05, 4.69) is 19.9 Å². The molecule has 1 saturated heterocycles. The van der Waals surface area contributed by atoms with E-state index in [1.165, 1.54) is 4.90 Å². The number of nitrogens with one attached hydrogen (secondary N) is 1. The fraction of sp³-hybridized carbons (Fsp3) is 0.368. The molecule has 7 heteroatoms. The molecule has 1 atom stereocenters. The van der Waals surface area contributed by atoms with Gasteiger partial charge in [-0.3, -0.25) is 4.79 Å². The van der Waals surface area contributed by atoms with Crippen molar-refractivity contribution in [3.63, 3.8) is 0 Å². The molecule has 1 aliphatic heterocycles. The highest BCUT2D eigenvalue weighted by atomic mass is 16.2. The minimum atomic E-state index is -0.109. The van der Waals surface area contributed by atoms with Gasteiger partial charge in [0.05, 0.1) is 12.0 Å². The number of nitriles is 1. The van der Waals surface area contributed by atoms with E-state index in [-0.39, 0.29) is 18.4 Å². The van der Waals surface area contributed by atoms with Crippen molar-refractivity contribution in [3.8, 4) is 6.07 Å². The first-order valence-electron chi connectivity index (χ1n) is 8.76. The Kier molecular flexibility index (Phi) is 4.17. The number of aromatic nitrogens is 3. The number of fused-ring (bicyclic) bond motifs is 3. The van der Waals surface area contributed by atoms with E-state index in [0.717, 1.165) is 47.0 Å². The number of anilines is 1. The number of aromatic amines is 1. The lowest BCUT2D eigenvalue weighted by Gasteiger charge is -2.34. The maximum absolute atomic E-state index is 12.6. The first-order valence-corrected chi connectivity index (χ1v) is 8.76. The molecule has 1 unspecified atom stereocenters. The summed E-state index contributed by atoms with van der Waals surface area (Å²) in [6, 6.07) is 6.02. The number of H-pyrrole nitrogens is 1. The van der Waals surface area contributed by atoms with Crippen LogP contribution >= 0.6 is 0 Å². The molecule has 0 aromatic carbocycles. The molecule has 3 aromatic rings. The van der Waals surface area contributed by atoms with Gasteiger partial charge in [0, 0.05) is 54.9 Å². The number of carbonyl (C=O) groups excluding carboxylic acids is 1. The predicted octanol–water partition coefficient (Wildman–Crippen LogP) is 2.31. The number of hydrogen-bond donors (Lipinski definition) is 1. The van der Waals surface area contributed by atoms with E-state index in [0.29, 0.717) is 6.54 Å². The van der Waals surface area contributed by atoms with Crippen molar-refractivity contribution in [2.45, 2.75) is 12.8 Å². The molecule has 1 aliphatic rings. The maximum Gasteiger partial charge on any atom is 0.228 e. The summed E-state index contributed by atoms with van der Waals surface area (Å²) in [6.45, 7) is 1.61. The quantitative estimate of drug-likeness (QED) is 0.734. The third kappa shape index (κ3) is 2.73. The average molecular weight is 348 g/mol. The van der Waals surface area contributed by atoms with E-state index in [4.69, 9.17) is 5.26 Å². The topological polar surface area (TPSA) is 88.9 Å². The number of carbonyl (C=O) groups is 1. The third-order valence-corrected chi connectivity index (χ3v) is 5.04. The summed E-state index contributed by atoms with van der Waals surface area (Å²) in [7, 11) is 1.69. The van der Waals surface area contributed by atoms with Gasteiger partial charge in [-0.25, -0.2) is 9.97 Å². The van der Waals surface area contributed by atoms with Crippen LogP contribution in [0.5, 0.6) is 0 Å². The average Bonchev–Trinajstić information content (AvgIpc) is 3.16. The fourth-order valence-electron chi connectivity index (χ4n) is 3.76. The van der Waals surface area contributed by atoms with E-state index < -0.39 is 0 Å². The molecule has 132 valence electrons. The SMILES string of the molecule is CN(CC#N)C(=O)C1CCCN(c2nccc3cnc4[nH]ccc4c23)C1. The van der Waals surface area contributed by atoms with Crippen LogP contribution < -0.4 is 4.90 Å². The van der Waals surface area contributed by atoms with Crippen molar-refractivity contribution < 1.29 is 4.79 Å². The normalized spacial score (nSPS) is 17.4. The molecule has 0 radical (unpaired) electrons. The number of hydrogen-bond acceptors (Lipinski definition) is 5. The van der Waals surface area contributed by atoms with Crippen LogP contribution in [0.15, 0.2) is 30.7 Å². The minimum Gasteiger partial charge on any atom is -0.355 e. The van der Waals surface area contributed by atoms with E-state index in [9.17, 15) is 4.79 Å². The molecule has 0 aliphatic carbocycles. The summed E-state index contributed by atoms with van der Waals surface area (Å²) < 4.78 is 0. The monoisotopic (exact) mass is 348 g/mol. The highest BCUT2D eigenvalue weighted by Gasteiger charge is 2.29. The Morgan fingerprint density at radius 2 is 2.35 bits per heavy atom. The molecule has 3 aromatic heterocycles. The Balaban J connectivity index is 1.70. The summed E-state index contributed by atoms with van der Waals surface area (Å²) in [4.78, 5) is 28.6. The van der Waals surface area contributed by atoms with Crippen molar-refractivity contribution in [2.24, 2.45) is 5.92 Å². The molecular weight excluding hydrogens is 328 g/mol. The van der Waals surface area contributed by atoms with E-state index in [1.54, 1.807) is 13.2 Å². The van der Waals surface area contributed by atoms with Crippen LogP contribution in [0, 0.1) is 17.2 Å². The lowest BCUT2D eigenvalue weighted by Crippen LogP contribution is -2.44. The lowest BCUT2D eigenvalue weighted by molar-refractivity contribution is -0.133. The summed E-state index contributed by atoms with van der Waals surface area (Å²) in [6.07, 6.45) is 7.30. The summed E-state index contributed by atoms with van der Waals surface area (Å²) >= 11 is 0. The van der Waals surface area contributed by atoms with Crippen molar-refractivity contribution >= 4 is 33.5 Å². The zero-order chi connectivity index (χ0) is 18.1. The van der Waals surface area contributed by atoms with Crippen LogP contribution in [0.4, 0.5) is 5.82 Å². The lowest BCUT2D eigenvalue weighted by atomic mass is 9.96. The Morgan fingerprint density at radius 1 is 1.46 bits per heavy atom. The van der Waals surface area contributed by atoms with Gasteiger partial charge in [-0.15, -0.1) is 0 Å². The maximum atomic E-state index is 12.6. The molecule has 0 bridgehead atoms. The Labute approximate surface area is 151 Å². The first-order chi connectivity index (χ1) is 12.7. The smallest absolute Gasteiger partial charge is 0.228 e. The number of amides is 1. The van der Waals surface area contributed by atoms with Crippen LogP contribution in [0.1, 0.15) is 12.8 Å². The minimum absolute atomic E-state index is 0.0324. The van der Waals surface area contributed by atoms with Crippen molar-refractivity contribution in [1.82, 2.24) is 19.9 Å². The summed E-state index contributed by atoms with van der Waals surface area (Å²) in [5, 5.41) is 12.0. The molecule has 4 heterocycles. The first kappa shape index (κ1) is 16.3. The second-order valence-corrected chi connectivity index (χ2v) is 6.73. The molecule has 26 heavy (non-hydrogen) atoms. The molecule has 1 fully saturated rings. The standard InChI is InChI=1S/C19H20N6O/c1-24(10-6-20)19(26)14-3-2-9-25(12-14)18-16-13(4-7-22-18)11-23-17-15(16)5-8-21-17/h4-5,7-8,11,14H,2-3,9-10,12H2,1H3,(H,21,23). The Morgan fingerprint density at radius 3 is 3.19 bits per heavy atom. The summed E-state index contributed by atoms with van der Waals surface area (Å²) in [5.41, 5.74) is 0.838. The Hall–Kier alpha value is -3.14. The molecule has 0 saturated carbocycles. The van der Waals surface area contributed by atoms with Crippen LogP contribution in [0.3, 0.4) is 0 Å². The molecule has 1 amide bonds. The van der Waals surface area contributed by atoms with Crippen LogP contribution in [0.2, 0.25) is 0 Å². The van der Waals surface area contributed by atoms with Crippen molar-refractivity contribution in [2.75, 3.05) is 31.6 Å². The van der Waals surface area contributed by atoms with Gasteiger partial charge in [-0.2, -0.15) is 5.26 Å². The fourth-order valence-corrected chi connectivity index (χ4v) is 3.76. The highest BCUT2D eigenvalue weighted by molar-refractivity contribution is 6.10. The van der Waals surface area contributed by atoms with Gasteiger partial charge in [0.2, 0.25) is 5.91 Å². The molecule has 7 nitrogen and oxygen atoms in total. The zero-order valence-corrected chi connectivity index (χ0v) is 14.6. The van der Waals surface area contributed by atoms with Gasteiger partial charge in [-0.05, 0) is 25.0 Å². The van der Waals surface area contributed by atoms with Gasteiger partial charge < -0.3 is 14.8 Å². The number of pyridine rings is 2. The molecule has 0 spiro atoms.